The topological polar surface area (TPSA) is 52.6 Å². The van der Waals surface area contributed by atoms with Crippen molar-refractivity contribution in [1.29, 1.82) is 0 Å². The van der Waals surface area contributed by atoms with Gasteiger partial charge in [-0.05, 0) is 25.5 Å². The van der Waals surface area contributed by atoms with Gasteiger partial charge in [-0.3, -0.25) is 0 Å². The highest BCUT2D eigenvalue weighted by atomic mass is 35.7. The van der Waals surface area contributed by atoms with Crippen molar-refractivity contribution in [2.24, 2.45) is 0 Å². The number of methoxy groups -OCH3 is 2. The summed E-state index contributed by atoms with van der Waals surface area (Å²) in [6, 6.07) is 1.44. The quantitative estimate of drug-likeness (QED) is 0.786. The van der Waals surface area contributed by atoms with Crippen molar-refractivity contribution < 1.29 is 17.9 Å². The van der Waals surface area contributed by atoms with Gasteiger partial charge in [-0.25, -0.2) is 8.42 Å². The molecule has 4 nitrogen and oxygen atoms in total. The van der Waals surface area contributed by atoms with E-state index in [1.165, 1.54) is 20.3 Å². The van der Waals surface area contributed by atoms with Gasteiger partial charge in [0.1, 0.15) is 16.4 Å². The minimum absolute atomic E-state index is 0.0348. The largest absolute Gasteiger partial charge is 0.496 e. The SMILES string of the molecule is COc1c(C)cc(S(=O)(=O)Cl)c(OC)c1C. The van der Waals surface area contributed by atoms with Crippen LogP contribution in [-0.2, 0) is 9.05 Å². The van der Waals surface area contributed by atoms with Crippen molar-refractivity contribution in [3.8, 4) is 11.5 Å². The van der Waals surface area contributed by atoms with Gasteiger partial charge in [-0.1, -0.05) is 0 Å². The standard InChI is InChI=1S/C10H13ClO4S/c1-6-5-8(16(11,12)13)10(15-4)7(2)9(6)14-3/h5H,1-4H3. The monoisotopic (exact) mass is 264 g/mol. The first kappa shape index (κ1) is 13.1. The van der Waals surface area contributed by atoms with Gasteiger partial charge in [0.2, 0.25) is 0 Å². The van der Waals surface area contributed by atoms with E-state index >= 15 is 0 Å². The molecular weight excluding hydrogens is 252 g/mol. The van der Waals surface area contributed by atoms with E-state index in [0.717, 1.165) is 0 Å². The summed E-state index contributed by atoms with van der Waals surface area (Å²) in [6.07, 6.45) is 0. The van der Waals surface area contributed by atoms with Crippen molar-refractivity contribution >= 4 is 19.7 Å². The van der Waals surface area contributed by atoms with Crippen LogP contribution in [0.15, 0.2) is 11.0 Å². The molecule has 0 aliphatic rings. The molecule has 0 heterocycles. The molecule has 1 rings (SSSR count). The minimum atomic E-state index is -3.82. The zero-order chi connectivity index (χ0) is 12.5. The second kappa shape index (κ2) is 4.51. The van der Waals surface area contributed by atoms with Crippen molar-refractivity contribution in [1.82, 2.24) is 0 Å². The fourth-order valence-corrected chi connectivity index (χ4v) is 2.78. The number of hydrogen-bond donors (Lipinski definition) is 0. The maximum atomic E-state index is 11.4. The number of ether oxygens (including phenoxy) is 2. The van der Waals surface area contributed by atoms with Gasteiger partial charge < -0.3 is 9.47 Å². The van der Waals surface area contributed by atoms with E-state index < -0.39 is 9.05 Å². The van der Waals surface area contributed by atoms with Crippen LogP contribution in [0.4, 0.5) is 0 Å². The molecule has 1 aromatic rings. The Hall–Kier alpha value is -0.940. The van der Waals surface area contributed by atoms with Crippen LogP contribution in [0.25, 0.3) is 0 Å². The minimum Gasteiger partial charge on any atom is -0.496 e. The number of aryl methyl sites for hydroxylation is 1. The lowest BCUT2D eigenvalue weighted by molar-refractivity contribution is 0.379. The molecule has 0 saturated carbocycles. The van der Waals surface area contributed by atoms with E-state index in [4.69, 9.17) is 20.2 Å². The Balaban J connectivity index is 3.67. The van der Waals surface area contributed by atoms with E-state index in [9.17, 15) is 8.42 Å². The highest BCUT2D eigenvalue weighted by Gasteiger charge is 2.22. The van der Waals surface area contributed by atoms with Crippen LogP contribution in [-0.4, -0.2) is 22.6 Å². The molecule has 0 radical (unpaired) electrons. The lowest BCUT2D eigenvalue weighted by Gasteiger charge is -2.15. The zero-order valence-corrected chi connectivity index (χ0v) is 11.1. The highest BCUT2D eigenvalue weighted by molar-refractivity contribution is 8.13. The van der Waals surface area contributed by atoms with Crippen LogP contribution in [0.3, 0.4) is 0 Å². The molecule has 0 spiro atoms. The Morgan fingerprint density at radius 2 is 1.62 bits per heavy atom. The van der Waals surface area contributed by atoms with E-state index in [-0.39, 0.29) is 10.6 Å². The molecule has 0 saturated heterocycles. The summed E-state index contributed by atoms with van der Waals surface area (Å²) in [6.45, 7) is 3.47. The van der Waals surface area contributed by atoms with E-state index in [1.807, 2.05) is 0 Å². The smallest absolute Gasteiger partial charge is 0.265 e. The zero-order valence-electron chi connectivity index (χ0n) is 9.50. The molecule has 1 aromatic carbocycles. The molecule has 0 fully saturated rings. The number of halogens is 1. The van der Waals surface area contributed by atoms with E-state index in [1.54, 1.807) is 13.8 Å². The highest BCUT2D eigenvalue weighted by Crippen LogP contribution is 2.38. The van der Waals surface area contributed by atoms with Crippen molar-refractivity contribution in [3.63, 3.8) is 0 Å². The molecule has 0 aromatic heterocycles. The van der Waals surface area contributed by atoms with Crippen LogP contribution in [0, 0.1) is 13.8 Å². The lowest BCUT2D eigenvalue weighted by Crippen LogP contribution is -2.02. The normalized spacial score (nSPS) is 11.3. The van der Waals surface area contributed by atoms with Crippen molar-refractivity contribution in [2.75, 3.05) is 14.2 Å². The van der Waals surface area contributed by atoms with E-state index in [2.05, 4.69) is 0 Å². The first-order valence-electron chi connectivity index (χ1n) is 4.49. The van der Waals surface area contributed by atoms with Gasteiger partial charge in [-0.15, -0.1) is 0 Å². The second-order valence-corrected chi connectivity index (χ2v) is 5.86. The molecule has 0 aliphatic carbocycles. The van der Waals surface area contributed by atoms with Gasteiger partial charge >= 0.3 is 0 Å². The van der Waals surface area contributed by atoms with Gasteiger partial charge in [0.05, 0.1) is 14.2 Å². The van der Waals surface area contributed by atoms with Gasteiger partial charge in [0, 0.05) is 16.2 Å². The Morgan fingerprint density at radius 1 is 1.12 bits per heavy atom. The summed E-state index contributed by atoms with van der Waals surface area (Å²) in [7, 11) is 4.42. The molecule has 0 amide bonds. The average Bonchev–Trinajstić information content (AvgIpc) is 2.16. The third-order valence-electron chi connectivity index (χ3n) is 2.28. The molecule has 0 atom stereocenters. The van der Waals surface area contributed by atoms with Crippen LogP contribution in [0.2, 0.25) is 0 Å². The first-order valence-corrected chi connectivity index (χ1v) is 6.80. The molecule has 0 unspecified atom stereocenters. The lowest BCUT2D eigenvalue weighted by atomic mass is 10.1. The first-order chi connectivity index (χ1) is 7.32. The fourth-order valence-electron chi connectivity index (χ4n) is 1.66. The third kappa shape index (κ3) is 2.25. The average molecular weight is 265 g/mol. The molecule has 0 N–H and O–H groups in total. The van der Waals surface area contributed by atoms with Gasteiger partial charge in [0.25, 0.3) is 9.05 Å². The second-order valence-electron chi connectivity index (χ2n) is 3.32. The maximum absolute atomic E-state index is 11.4. The summed E-state index contributed by atoms with van der Waals surface area (Å²) in [5.41, 5.74) is 1.31. The summed E-state index contributed by atoms with van der Waals surface area (Å²) in [4.78, 5) is -0.0348. The summed E-state index contributed by atoms with van der Waals surface area (Å²) < 4.78 is 32.9. The van der Waals surface area contributed by atoms with Crippen LogP contribution >= 0.6 is 10.7 Å². The number of benzene rings is 1. The molecule has 90 valence electrons. The Labute approximate surface area is 99.6 Å². The predicted octanol–water partition coefficient (Wildman–Crippen LogP) is 2.25. The van der Waals surface area contributed by atoms with Crippen LogP contribution < -0.4 is 9.47 Å². The summed E-state index contributed by atoms with van der Waals surface area (Å²) in [5.74, 6) is 0.818. The summed E-state index contributed by atoms with van der Waals surface area (Å²) >= 11 is 0. The molecule has 6 heteroatoms. The van der Waals surface area contributed by atoms with Crippen LogP contribution in [0.1, 0.15) is 11.1 Å². The van der Waals surface area contributed by atoms with Crippen molar-refractivity contribution in [3.05, 3.63) is 17.2 Å². The Kier molecular flexibility index (Phi) is 3.70. The van der Waals surface area contributed by atoms with Crippen molar-refractivity contribution in [2.45, 2.75) is 18.7 Å². The third-order valence-corrected chi connectivity index (χ3v) is 3.61. The predicted molar refractivity (Wildman–Crippen MR) is 62.1 cm³/mol. The maximum Gasteiger partial charge on any atom is 0.265 e. The Morgan fingerprint density at radius 3 is 2.00 bits per heavy atom. The molecular formula is C10H13ClO4S. The molecule has 0 bridgehead atoms. The number of rotatable bonds is 3. The fraction of sp³-hybridized carbons (Fsp3) is 0.400. The number of hydrogen-bond acceptors (Lipinski definition) is 4. The molecule has 16 heavy (non-hydrogen) atoms. The summed E-state index contributed by atoms with van der Waals surface area (Å²) in [5, 5.41) is 0. The van der Waals surface area contributed by atoms with Gasteiger partial charge in [-0.2, -0.15) is 0 Å². The van der Waals surface area contributed by atoms with Gasteiger partial charge in [0.15, 0.2) is 0 Å². The molecule has 0 aliphatic heterocycles. The van der Waals surface area contributed by atoms with Crippen LogP contribution in [0.5, 0.6) is 11.5 Å². The Bertz CT molecular complexity index is 508. The van der Waals surface area contributed by atoms with E-state index in [0.29, 0.717) is 16.9 Å².